The highest BCUT2D eigenvalue weighted by Gasteiger charge is 2.39. The van der Waals surface area contributed by atoms with Gasteiger partial charge in [0.25, 0.3) is 0 Å². The Hall–Kier alpha value is -3.58. The molecule has 0 bridgehead atoms. The van der Waals surface area contributed by atoms with Crippen molar-refractivity contribution < 1.29 is 9.32 Å². The van der Waals surface area contributed by atoms with Crippen molar-refractivity contribution in [2.75, 3.05) is 36.4 Å². The Balaban J connectivity index is 1.28. The van der Waals surface area contributed by atoms with Crippen LogP contribution in [0.3, 0.4) is 0 Å². The van der Waals surface area contributed by atoms with E-state index in [0.29, 0.717) is 17.0 Å². The summed E-state index contributed by atoms with van der Waals surface area (Å²) in [5, 5.41) is 9.03. The third kappa shape index (κ3) is 3.90. The van der Waals surface area contributed by atoms with Gasteiger partial charge in [-0.15, -0.1) is 0 Å². The second-order valence-electron chi connectivity index (χ2n) is 9.69. The van der Waals surface area contributed by atoms with Crippen LogP contribution in [0.2, 0.25) is 0 Å². The summed E-state index contributed by atoms with van der Waals surface area (Å²) < 4.78 is 5.38. The SMILES string of the molecule is Cc1noc(C)c1C(=O)C(C1CCc2ccccc2N1)N1CCN(c2cccc3[nH]ccc23)CC1. The van der Waals surface area contributed by atoms with E-state index >= 15 is 0 Å². The first kappa shape index (κ1) is 21.9. The number of carbonyl (C=O) groups is 1. The van der Waals surface area contributed by atoms with Crippen LogP contribution in [0.25, 0.3) is 10.9 Å². The lowest BCUT2D eigenvalue weighted by atomic mass is 9.88. The summed E-state index contributed by atoms with van der Waals surface area (Å²) in [5.74, 6) is 0.714. The maximum atomic E-state index is 14.1. The van der Waals surface area contributed by atoms with E-state index < -0.39 is 0 Å². The lowest BCUT2D eigenvalue weighted by Gasteiger charge is -2.43. The predicted octanol–water partition coefficient (Wildman–Crippen LogP) is 4.57. The third-order valence-corrected chi connectivity index (χ3v) is 7.63. The van der Waals surface area contributed by atoms with Crippen molar-refractivity contribution in [3.8, 4) is 0 Å². The van der Waals surface area contributed by atoms with Crippen molar-refractivity contribution >= 4 is 28.1 Å². The standard InChI is InChI=1S/C28H31N5O2/c1-18-26(19(2)35-31-18)28(34)27(24-11-10-20-6-3-4-7-22(20)30-24)33-16-14-32(15-17-33)25-9-5-8-23-21(25)12-13-29-23/h3-9,12-13,24,27,29-30H,10-11,14-17H2,1-2H3. The molecule has 1 saturated heterocycles. The number of anilines is 2. The Morgan fingerprint density at radius 2 is 1.89 bits per heavy atom. The zero-order chi connectivity index (χ0) is 23.9. The van der Waals surface area contributed by atoms with Gasteiger partial charge in [0, 0.05) is 60.7 Å². The number of nitrogens with zero attached hydrogens (tertiary/aromatic N) is 3. The van der Waals surface area contributed by atoms with Gasteiger partial charge in [0.05, 0.1) is 17.3 Å². The lowest BCUT2D eigenvalue weighted by molar-refractivity contribution is 0.0769. The highest BCUT2D eigenvalue weighted by Crippen LogP contribution is 2.31. The van der Waals surface area contributed by atoms with Crippen molar-refractivity contribution in [3.05, 3.63) is 77.3 Å². The first-order valence-corrected chi connectivity index (χ1v) is 12.5. The minimum Gasteiger partial charge on any atom is -0.380 e. The Morgan fingerprint density at radius 3 is 2.69 bits per heavy atom. The van der Waals surface area contributed by atoms with Gasteiger partial charge in [0.1, 0.15) is 5.76 Å². The number of rotatable bonds is 5. The Kier molecular flexibility index (Phi) is 5.57. The zero-order valence-corrected chi connectivity index (χ0v) is 20.3. The van der Waals surface area contributed by atoms with Gasteiger partial charge < -0.3 is 19.7 Å². The Bertz CT molecular complexity index is 1350. The minimum atomic E-state index is -0.273. The fourth-order valence-corrected chi connectivity index (χ4v) is 5.87. The van der Waals surface area contributed by atoms with Crippen molar-refractivity contribution in [2.24, 2.45) is 0 Å². The zero-order valence-electron chi connectivity index (χ0n) is 20.3. The monoisotopic (exact) mass is 469 g/mol. The molecule has 6 rings (SSSR count). The van der Waals surface area contributed by atoms with E-state index in [9.17, 15) is 4.79 Å². The number of nitrogens with one attached hydrogen (secondary N) is 2. The molecule has 0 saturated carbocycles. The molecular weight excluding hydrogens is 438 g/mol. The van der Waals surface area contributed by atoms with Crippen LogP contribution in [0.1, 0.15) is 33.8 Å². The van der Waals surface area contributed by atoms with Gasteiger partial charge in [-0.3, -0.25) is 9.69 Å². The lowest BCUT2D eigenvalue weighted by Crippen LogP contribution is -2.59. The van der Waals surface area contributed by atoms with Gasteiger partial charge in [-0.05, 0) is 56.5 Å². The van der Waals surface area contributed by atoms with E-state index in [0.717, 1.165) is 50.2 Å². The third-order valence-electron chi connectivity index (χ3n) is 7.63. The molecule has 180 valence electrons. The largest absolute Gasteiger partial charge is 0.380 e. The number of fused-ring (bicyclic) bond motifs is 2. The van der Waals surface area contributed by atoms with Crippen LogP contribution in [0, 0.1) is 13.8 Å². The molecule has 2 aromatic carbocycles. The van der Waals surface area contributed by atoms with Crippen LogP contribution in [-0.4, -0.2) is 59.1 Å². The molecule has 2 N–H and O–H groups in total. The van der Waals surface area contributed by atoms with Crippen molar-refractivity contribution in [1.82, 2.24) is 15.0 Å². The molecule has 35 heavy (non-hydrogen) atoms. The highest BCUT2D eigenvalue weighted by molar-refractivity contribution is 6.02. The number of aryl methyl sites for hydroxylation is 3. The molecule has 4 heterocycles. The van der Waals surface area contributed by atoms with E-state index in [4.69, 9.17) is 4.52 Å². The predicted molar refractivity (Wildman–Crippen MR) is 138 cm³/mol. The number of carbonyl (C=O) groups excluding carboxylic acids is 1. The molecule has 4 aromatic rings. The second kappa shape index (κ2) is 8.89. The second-order valence-corrected chi connectivity index (χ2v) is 9.69. The molecule has 2 aliphatic heterocycles. The molecule has 7 nitrogen and oxygen atoms in total. The van der Waals surface area contributed by atoms with E-state index in [-0.39, 0.29) is 17.9 Å². The Morgan fingerprint density at radius 1 is 1.06 bits per heavy atom. The average Bonchev–Trinajstić information content (AvgIpc) is 3.50. The van der Waals surface area contributed by atoms with Gasteiger partial charge in [-0.25, -0.2) is 0 Å². The number of piperazine rings is 1. The summed E-state index contributed by atoms with van der Waals surface area (Å²) in [5.41, 5.74) is 6.17. The van der Waals surface area contributed by atoms with Crippen molar-refractivity contribution in [3.63, 3.8) is 0 Å². The topological polar surface area (TPSA) is 77.4 Å². The van der Waals surface area contributed by atoms with Crippen LogP contribution in [0.5, 0.6) is 0 Å². The molecule has 2 aromatic heterocycles. The summed E-state index contributed by atoms with van der Waals surface area (Å²) in [6.07, 6.45) is 3.88. The number of para-hydroxylation sites is 1. The summed E-state index contributed by atoms with van der Waals surface area (Å²) in [4.78, 5) is 22.2. The summed E-state index contributed by atoms with van der Waals surface area (Å²) in [7, 11) is 0. The van der Waals surface area contributed by atoms with Gasteiger partial charge in [-0.2, -0.15) is 0 Å². The van der Waals surface area contributed by atoms with E-state index in [2.05, 4.69) is 73.8 Å². The maximum Gasteiger partial charge on any atom is 0.187 e. The average molecular weight is 470 g/mol. The van der Waals surface area contributed by atoms with Crippen molar-refractivity contribution in [1.29, 1.82) is 0 Å². The number of ketones is 1. The number of benzene rings is 2. The summed E-state index contributed by atoms with van der Waals surface area (Å²) in [6.45, 7) is 7.09. The molecule has 0 amide bonds. The normalized spacial score (nSPS) is 19.4. The van der Waals surface area contributed by atoms with Crippen molar-refractivity contribution in [2.45, 2.75) is 38.8 Å². The van der Waals surface area contributed by atoms with Crippen LogP contribution in [0.15, 0.2) is 59.3 Å². The van der Waals surface area contributed by atoms with Crippen LogP contribution >= 0.6 is 0 Å². The first-order chi connectivity index (χ1) is 17.1. The number of aromatic nitrogens is 2. The van der Waals surface area contributed by atoms with Gasteiger partial charge in [-0.1, -0.05) is 29.4 Å². The molecule has 0 spiro atoms. The maximum absolute atomic E-state index is 14.1. The van der Waals surface area contributed by atoms with Gasteiger partial charge in [0.2, 0.25) is 0 Å². The molecular formula is C28H31N5O2. The number of H-pyrrole nitrogens is 1. The molecule has 0 radical (unpaired) electrons. The first-order valence-electron chi connectivity index (χ1n) is 12.5. The smallest absolute Gasteiger partial charge is 0.187 e. The highest BCUT2D eigenvalue weighted by atomic mass is 16.5. The van der Waals surface area contributed by atoms with E-state index in [1.807, 2.05) is 20.0 Å². The number of Topliss-reactive ketones (excluding diaryl/α,β-unsaturated/α-hetero) is 1. The molecule has 7 heteroatoms. The molecule has 2 unspecified atom stereocenters. The van der Waals surface area contributed by atoms with E-state index in [1.165, 1.54) is 16.6 Å². The van der Waals surface area contributed by atoms with E-state index in [1.54, 1.807) is 0 Å². The summed E-state index contributed by atoms with van der Waals surface area (Å²) in [6, 6.07) is 16.7. The van der Waals surface area contributed by atoms with Crippen LogP contribution in [0.4, 0.5) is 11.4 Å². The number of hydrogen-bond acceptors (Lipinski definition) is 6. The number of hydrogen-bond donors (Lipinski definition) is 2. The molecule has 1 fully saturated rings. The van der Waals surface area contributed by atoms with Crippen LogP contribution < -0.4 is 10.2 Å². The quantitative estimate of drug-likeness (QED) is 0.417. The number of aromatic amines is 1. The van der Waals surface area contributed by atoms with Gasteiger partial charge in [0.15, 0.2) is 5.78 Å². The van der Waals surface area contributed by atoms with Gasteiger partial charge >= 0.3 is 0 Å². The fourth-order valence-electron chi connectivity index (χ4n) is 5.87. The Labute approximate surface area is 205 Å². The van der Waals surface area contributed by atoms with Crippen LogP contribution in [-0.2, 0) is 6.42 Å². The molecule has 2 atom stereocenters. The minimum absolute atomic E-state index is 0.0331. The summed E-state index contributed by atoms with van der Waals surface area (Å²) >= 11 is 0. The molecule has 2 aliphatic rings. The molecule has 0 aliphatic carbocycles. The fraction of sp³-hybridized carbons (Fsp3) is 0.357.